The average Bonchev–Trinajstić information content (AvgIpc) is 2.52. The molecule has 1 fully saturated rings. The first kappa shape index (κ1) is 20.6. The van der Waals surface area contributed by atoms with Gasteiger partial charge in [-0.25, -0.2) is 4.79 Å². The largest absolute Gasteiger partial charge is 0.444 e. The number of carbonyl (C=O) groups excluding carboxylic acids is 1. The summed E-state index contributed by atoms with van der Waals surface area (Å²) in [6.07, 6.45) is -1.44. The molecule has 2 atom stereocenters. The predicted molar refractivity (Wildman–Crippen MR) is 91.6 cm³/mol. The van der Waals surface area contributed by atoms with Gasteiger partial charge >= 0.3 is 12.3 Å². The molecule has 0 heterocycles. The standard InChI is InChI=1S/C19H26F3NO3/c1-18(2,3)26-17(24)23-15-6-4-5-7-16(15)25-12-13-8-10-14(11-9-13)19(20,21)22/h8-11,15-16H,4-7,12H2,1-3H3,(H,23,24)/t15-,16-/m1/s1. The molecular formula is C19H26F3NO3. The van der Waals surface area contributed by atoms with E-state index in [4.69, 9.17) is 9.47 Å². The van der Waals surface area contributed by atoms with Crippen LogP contribution in [0.15, 0.2) is 24.3 Å². The first-order valence-corrected chi connectivity index (χ1v) is 8.82. The zero-order chi connectivity index (χ0) is 19.4. The van der Waals surface area contributed by atoms with Gasteiger partial charge in [-0.3, -0.25) is 0 Å². The number of amides is 1. The minimum Gasteiger partial charge on any atom is -0.444 e. The summed E-state index contributed by atoms with van der Waals surface area (Å²) in [4.78, 5) is 12.0. The molecule has 0 spiro atoms. The van der Waals surface area contributed by atoms with Crippen LogP contribution in [0.3, 0.4) is 0 Å². The van der Waals surface area contributed by atoms with E-state index in [2.05, 4.69) is 5.32 Å². The first-order valence-electron chi connectivity index (χ1n) is 8.82. The molecule has 0 unspecified atom stereocenters. The highest BCUT2D eigenvalue weighted by molar-refractivity contribution is 5.68. The SMILES string of the molecule is CC(C)(C)OC(=O)N[C@@H]1CCCC[C@H]1OCc1ccc(C(F)(F)F)cc1. The number of rotatable bonds is 4. The monoisotopic (exact) mass is 373 g/mol. The number of benzene rings is 1. The van der Waals surface area contributed by atoms with Crippen molar-refractivity contribution in [2.75, 3.05) is 0 Å². The predicted octanol–water partition coefficient (Wildman–Crippen LogP) is 5.06. The van der Waals surface area contributed by atoms with Crippen molar-refractivity contribution >= 4 is 6.09 Å². The van der Waals surface area contributed by atoms with Crippen molar-refractivity contribution < 1.29 is 27.4 Å². The van der Waals surface area contributed by atoms with Gasteiger partial charge in [0.15, 0.2) is 0 Å². The number of alkyl halides is 3. The zero-order valence-electron chi connectivity index (χ0n) is 15.4. The average molecular weight is 373 g/mol. The molecule has 1 aromatic carbocycles. The molecule has 1 saturated carbocycles. The van der Waals surface area contributed by atoms with Gasteiger partial charge < -0.3 is 14.8 Å². The zero-order valence-corrected chi connectivity index (χ0v) is 15.4. The number of carbonyl (C=O) groups is 1. The molecule has 1 aliphatic carbocycles. The minimum atomic E-state index is -4.34. The van der Waals surface area contributed by atoms with Crippen molar-refractivity contribution in [3.05, 3.63) is 35.4 Å². The summed E-state index contributed by atoms with van der Waals surface area (Å²) in [5.74, 6) is 0. The molecule has 7 heteroatoms. The lowest BCUT2D eigenvalue weighted by molar-refractivity contribution is -0.137. The highest BCUT2D eigenvalue weighted by Gasteiger charge is 2.31. The Labute approximate surface area is 152 Å². The van der Waals surface area contributed by atoms with Crippen LogP contribution in [0.25, 0.3) is 0 Å². The quantitative estimate of drug-likeness (QED) is 0.803. The van der Waals surface area contributed by atoms with Crippen LogP contribution in [0.2, 0.25) is 0 Å². The second kappa shape index (κ2) is 8.29. The third-order valence-corrected chi connectivity index (χ3v) is 4.15. The maximum Gasteiger partial charge on any atom is 0.416 e. The van der Waals surface area contributed by atoms with Crippen LogP contribution in [-0.2, 0) is 22.3 Å². The summed E-state index contributed by atoms with van der Waals surface area (Å²) in [5, 5.41) is 2.86. The van der Waals surface area contributed by atoms with E-state index in [1.807, 2.05) is 0 Å². The summed E-state index contributed by atoms with van der Waals surface area (Å²) in [6.45, 7) is 5.60. The molecule has 146 valence electrons. The van der Waals surface area contributed by atoms with E-state index in [1.54, 1.807) is 20.8 Å². The van der Waals surface area contributed by atoms with Crippen molar-refractivity contribution in [2.45, 2.75) is 77.0 Å². The summed E-state index contributed by atoms with van der Waals surface area (Å²) >= 11 is 0. The molecule has 1 N–H and O–H groups in total. The molecule has 4 nitrogen and oxygen atoms in total. The topological polar surface area (TPSA) is 47.6 Å². The lowest BCUT2D eigenvalue weighted by Gasteiger charge is -2.32. The summed E-state index contributed by atoms with van der Waals surface area (Å²) in [5.41, 5.74) is -0.585. The number of alkyl carbamates (subject to hydrolysis) is 1. The number of nitrogens with one attached hydrogen (secondary N) is 1. The van der Waals surface area contributed by atoms with Gasteiger partial charge in [0.2, 0.25) is 0 Å². The molecule has 26 heavy (non-hydrogen) atoms. The Kier molecular flexibility index (Phi) is 6.55. The van der Waals surface area contributed by atoms with Crippen molar-refractivity contribution in [2.24, 2.45) is 0 Å². The lowest BCUT2D eigenvalue weighted by Crippen LogP contribution is -2.47. The lowest BCUT2D eigenvalue weighted by atomic mass is 9.92. The van der Waals surface area contributed by atoms with E-state index in [1.165, 1.54) is 12.1 Å². The molecule has 0 aliphatic heterocycles. The van der Waals surface area contributed by atoms with E-state index in [0.717, 1.165) is 37.8 Å². The van der Waals surface area contributed by atoms with Crippen LogP contribution in [0.1, 0.15) is 57.6 Å². The van der Waals surface area contributed by atoms with Crippen LogP contribution in [0, 0.1) is 0 Å². The second-order valence-electron chi connectivity index (χ2n) is 7.58. The van der Waals surface area contributed by atoms with Crippen LogP contribution < -0.4 is 5.32 Å². The van der Waals surface area contributed by atoms with Gasteiger partial charge in [0.25, 0.3) is 0 Å². The number of halogens is 3. The molecule has 1 amide bonds. The molecule has 0 radical (unpaired) electrons. The Morgan fingerprint density at radius 2 is 1.73 bits per heavy atom. The Balaban J connectivity index is 1.90. The highest BCUT2D eigenvalue weighted by atomic mass is 19.4. The Bertz CT molecular complexity index is 594. The number of hydrogen-bond donors (Lipinski definition) is 1. The Hall–Kier alpha value is -1.76. The maximum atomic E-state index is 12.6. The van der Waals surface area contributed by atoms with Crippen LogP contribution in [0.4, 0.5) is 18.0 Å². The van der Waals surface area contributed by atoms with Crippen molar-refractivity contribution in [1.29, 1.82) is 0 Å². The van der Waals surface area contributed by atoms with Gasteiger partial charge in [0.1, 0.15) is 5.60 Å². The third kappa shape index (κ3) is 6.52. The molecule has 0 bridgehead atoms. The fraction of sp³-hybridized carbons (Fsp3) is 0.632. The Morgan fingerprint density at radius 3 is 2.31 bits per heavy atom. The van der Waals surface area contributed by atoms with Crippen LogP contribution >= 0.6 is 0 Å². The molecule has 0 aromatic heterocycles. The first-order chi connectivity index (χ1) is 12.0. The van der Waals surface area contributed by atoms with Crippen LogP contribution in [-0.4, -0.2) is 23.8 Å². The van der Waals surface area contributed by atoms with E-state index in [9.17, 15) is 18.0 Å². The third-order valence-electron chi connectivity index (χ3n) is 4.15. The molecule has 1 aromatic rings. The molecule has 1 aliphatic rings. The minimum absolute atomic E-state index is 0.159. The van der Waals surface area contributed by atoms with Gasteiger partial charge in [0, 0.05) is 0 Å². The fourth-order valence-electron chi connectivity index (χ4n) is 2.91. The molecular weight excluding hydrogens is 347 g/mol. The molecule has 2 rings (SSSR count). The summed E-state index contributed by atoms with van der Waals surface area (Å²) in [7, 11) is 0. The number of ether oxygens (including phenoxy) is 2. The van der Waals surface area contributed by atoms with E-state index < -0.39 is 23.4 Å². The van der Waals surface area contributed by atoms with Gasteiger partial charge in [-0.05, 0) is 51.3 Å². The maximum absolute atomic E-state index is 12.6. The van der Waals surface area contributed by atoms with E-state index in [-0.39, 0.29) is 18.8 Å². The van der Waals surface area contributed by atoms with Crippen molar-refractivity contribution in [3.8, 4) is 0 Å². The van der Waals surface area contributed by atoms with Gasteiger partial charge in [-0.15, -0.1) is 0 Å². The Morgan fingerprint density at radius 1 is 1.12 bits per heavy atom. The summed E-state index contributed by atoms with van der Waals surface area (Å²) < 4.78 is 49.0. The number of hydrogen-bond acceptors (Lipinski definition) is 3. The normalized spacial score (nSPS) is 21.3. The van der Waals surface area contributed by atoms with Gasteiger partial charge in [0.05, 0.1) is 24.3 Å². The highest BCUT2D eigenvalue weighted by Crippen LogP contribution is 2.29. The smallest absolute Gasteiger partial charge is 0.416 e. The van der Waals surface area contributed by atoms with Crippen molar-refractivity contribution in [3.63, 3.8) is 0 Å². The fourth-order valence-corrected chi connectivity index (χ4v) is 2.91. The van der Waals surface area contributed by atoms with Crippen molar-refractivity contribution in [1.82, 2.24) is 5.32 Å². The van der Waals surface area contributed by atoms with Gasteiger partial charge in [-0.2, -0.15) is 13.2 Å². The summed E-state index contributed by atoms with van der Waals surface area (Å²) in [6, 6.07) is 4.78. The van der Waals surface area contributed by atoms with E-state index in [0.29, 0.717) is 5.56 Å². The molecule has 0 saturated heterocycles. The van der Waals surface area contributed by atoms with Crippen LogP contribution in [0.5, 0.6) is 0 Å². The second-order valence-corrected chi connectivity index (χ2v) is 7.58. The van der Waals surface area contributed by atoms with Gasteiger partial charge in [-0.1, -0.05) is 25.0 Å². The van der Waals surface area contributed by atoms with E-state index >= 15 is 0 Å².